The summed E-state index contributed by atoms with van der Waals surface area (Å²) in [7, 11) is 0. The van der Waals surface area contributed by atoms with Crippen molar-refractivity contribution in [3.05, 3.63) is 42.2 Å². The summed E-state index contributed by atoms with van der Waals surface area (Å²) in [5, 5.41) is 3.28. The predicted molar refractivity (Wildman–Crippen MR) is 100 cm³/mol. The van der Waals surface area contributed by atoms with Gasteiger partial charge in [-0.05, 0) is 51.3 Å². The molecule has 1 aromatic heterocycles. The average molecular weight is 339 g/mol. The third kappa shape index (κ3) is 4.07. The second kappa shape index (κ2) is 7.51. The van der Waals surface area contributed by atoms with Crippen molar-refractivity contribution in [2.24, 2.45) is 0 Å². The maximum Gasteiger partial charge on any atom is 0.325 e. The standard InChI is InChI=1S/C19H25N5O/c1-14(2)24(19(25)23-9-4-5-10-23)18-12-17(20-13-21-18)22-16-8-6-7-15(3)11-16/h6-8,11-14H,4-5,9-10H2,1-3H3,(H,20,21,22). The number of carbonyl (C=O) groups excluding carboxylic acids is 1. The summed E-state index contributed by atoms with van der Waals surface area (Å²) in [6.45, 7) is 7.70. The monoisotopic (exact) mass is 339 g/mol. The molecular formula is C19H25N5O. The van der Waals surface area contributed by atoms with E-state index in [0.29, 0.717) is 11.6 Å². The van der Waals surface area contributed by atoms with Crippen molar-refractivity contribution in [3.63, 3.8) is 0 Å². The summed E-state index contributed by atoms with van der Waals surface area (Å²) in [6.07, 6.45) is 3.64. The van der Waals surface area contributed by atoms with Gasteiger partial charge < -0.3 is 10.2 Å². The lowest BCUT2D eigenvalue weighted by atomic mass is 10.2. The molecule has 3 rings (SSSR count). The van der Waals surface area contributed by atoms with Crippen LogP contribution in [0.4, 0.5) is 22.1 Å². The summed E-state index contributed by atoms with van der Waals surface area (Å²) >= 11 is 0. The maximum atomic E-state index is 12.9. The van der Waals surface area contributed by atoms with Crippen molar-refractivity contribution >= 4 is 23.4 Å². The number of amides is 2. The van der Waals surface area contributed by atoms with Gasteiger partial charge in [0, 0.05) is 30.9 Å². The zero-order valence-corrected chi connectivity index (χ0v) is 15.1. The number of likely N-dealkylation sites (tertiary alicyclic amines) is 1. The van der Waals surface area contributed by atoms with Gasteiger partial charge >= 0.3 is 6.03 Å². The lowest BCUT2D eigenvalue weighted by Crippen LogP contribution is -2.46. The Kier molecular flexibility index (Phi) is 5.16. The smallest absolute Gasteiger partial charge is 0.325 e. The Morgan fingerprint density at radius 3 is 2.64 bits per heavy atom. The molecule has 0 bridgehead atoms. The highest BCUT2D eigenvalue weighted by atomic mass is 16.2. The molecule has 1 aliphatic heterocycles. The molecule has 1 saturated heterocycles. The topological polar surface area (TPSA) is 61.4 Å². The Hall–Kier alpha value is -2.63. The first kappa shape index (κ1) is 17.2. The highest BCUT2D eigenvalue weighted by molar-refractivity contribution is 5.92. The number of urea groups is 1. The first-order valence-corrected chi connectivity index (χ1v) is 8.78. The highest BCUT2D eigenvalue weighted by Gasteiger charge is 2.27. The van der Waals surface area contributed by atoms with Gasteiger partial charge in [0.1, 0.15) is 18.0 Å². The van der Waals surface area contributed by atoms with Crippen molar-refractivity contribution in [1.29, 1.82) is 0 Å². The van der Waals surface area contributed by atoms with Gasteiger partial charge in [0.15, 0.2) is 0 Å². The number of benzene rings is 1. The molecule has 1 fully saturated rings. The molecule has 132 valence electrons. The van der Waals surface area contributed by atoms with Crippen LogP contribution in [-0.4, -0.2) is 40.0 Å². The maximum absolute atomic E-state index is 12.9. The molecule has 0 radical (unpaired) electrons. The van der Waals surface area contributed by atoms with Gasteiger partial charge in [0.2, 0.25) is 0 Å². The molecule has 2 aromatic rings. The van der Waals surface area contributed by atoms with Gasteiger partial charge in [-0.2, -0.15) is 0 Å². The number of carbonyl (C=O) groups is 1. The van der Waals surface area contributed by atoms with Gasteiger partial charge in [-0.15, -0.1) is 0 Å². The fourth-order valence-electron chi connectivity index (χ4n) is 3.06. The normalized spacial score (nSPS) is 14.0. The van der Waals surface area contributed by atoms with Gasteiger partial charge in [-0.3, -0.25) is 4.90 Å². The zero-order chi connectivity index (χ0) is 17.8. The van der Waals surface area contributed by atoms with Crippen molar-refractivity contribution < 1.29 is 4.79 Å². The molecule has 0 atom stereocenters. The molecule has 0 saturated carbocycles. The molecule has 0 aliphatic carbocycles. The van der Waals surface area contributed by atoms with E-state index in [0.717, 1.165) is 31.6 Å². The molecular weight excluding hydrogens is 314 g/mol. The minimum Gasteiger partial charge on any atom is -0.340 e. The number of hydrogen-bond donors (Lipinski definition) is 1. The summed E-state index contributed by atoms with van der Waals surface area (Å²) in [5.41, 5.74) is 2.14. The van der Waals surface area contributed by atoms with E-state index in [1.165, 1.54) is 11.9 Å². The van der Waals surface area contributed by atoms with E-state index in [1.807, 2.05) is 49.9 Å². The Morgan fingerprint density at radius 1 is 1.20 bits per heavy atom. The van der Waals surface area contributed by atoms with Gasteiger partial charge in [0.25, 0.3) is 0 Å². The molecule has 25 heavy (non-hydrogen) atoms. The molecule has 1 aliphatic rings. The van der Waals surface area contributed by atoms with Crippen LogP contribution in [-0.2, 0) is 0 Å². The van der Waals surface area contributed by atoms with Crippen LogP contribution in [0.1, 0.15) is 32.3 Å². The molecule has 0 spiro atoms. The Bertz CT molecular complexity index is 740. The molecule has 1 N–H and O–H groups in total. The minimum atomic E-state index is 0.0210. The van der Waals surface area contributed by atoms with Crippen LogP contribution in [0.25, 0.3) is 0 Å². The van der Waals surface area contributed by atoms with E-state index < -0.39 is 0 Å². The minimum absolute atomic E-state index is 0.0210. The number of aromatic nitrogens is 2. The number of nitrogens with one attached hydrogen (secondary N) is 1. The summed E-state index contributed by atoms with van der Waals surface area (Å²) in [5.74, 6) is 1.30. The largest absolute Gasteiger partial charge is 0.340 e. The average Bonchev–Trinajstić information content (AvgIpc) is 3.09. The fourth-order valence-corrected chi connectivity index (χ4v) is 3.06. The van der Waals surface area contributed by atoms with Crippen molar-refractivity contribution in [1.82, 2.24) is 14.9 Å². The van der Waals surface area contributed by atoms with E-state index in [-0.39, 0.29) is 12.1 Å². The summed E-state index contributed by atoms with van der Waals surface area (Å²) in [4.78, 5) is 25.1. The number of aryl methyl sites for hydroxylation is 1. The second-order valence-corrected chi connectivity index (χ2v) is 6.70. The Balaban J connectivity index is 1.83. The highest BCUT2D eigenvalue weighted by Crippen LogP contribution is 2.23. The Labute approximate surface area is 148 Å². The number of nitrogens with zero attached hydrogens (tertiary/aromatic N) is 4. The third-order valence-corrected chi connectivity index (χ3v) is 4.29. The fraction of sp³-hybridized carbons (Fsp3) is 0.421. The number of hydrogen-bond acceptors (Lipinski definition) is 4. The first-order valence-electron chi connectivity index (χ1n) is 8.78. The van der Waals surface area contributed by atoms with E-state index in [1.54, 1.807) is 4.90 Å². The lowest BCUT2D eigenvalue weighted by molar-refractivity contribution is 0.213. The van der Waals surface area contributed by atoms with Crippen LogP contribution in [0.15, 0.2) is 36.7 Å². The molecule has 0 unspecified atom stereocenters. The Morgan fingerprint density at radius 2 is 1.96 bits per heavy atom. The van der Waals surface area contributed by atoms with Gasteiger partial charge in [0.05, 0.1) is 0 Å². The van der Waals surface area contributed by atoms with Crippen LogP contribution in [0, 0.1) is 6.92 Å². The van der Waals surface area contributed by atoms with Crippen molar-refractivity contribution in [2.75, 3.05) is 23.3 Å². The van der Waals surface area contributed by atoms with E-state index >= 15 is 0 Å². The molecule has 2 amide bonds. The third-order valence-electron chi connectivity index (χ3n) is 4.29. The van der Waals surface area contributed by atoms with E-state index in [2.05, 4.69) is 21.4 Å². The second-order valence-electron chi connectivity index (χ2n) is 6.70. The molecule has 1 aromatic carbocycles. The summed E-state index contributed by atoms with van der Waals surface area (Å²) in [6, 6.07) is 9.96. The van der Waals surface area contributed by atoms with E-state index in [4.69, 9.17) is 0 Å². The van der Waals surface area contributed by atoms with Crippen LogP contribution in [0.3, 0.4) is 0 Å². The molecule has 6 nitrogen and oxygen atoms in total. The van der Waals surface area contributed by atoms with Crippen LogP contribution < -0.4 is 10.2 Å². The SMILES string of the molecule is Cc1cccc(Nc2cc(N(C(=O)N3CCCC3)C(C)C)ncn2)c1. The predicted octanol–water partition coefficient (Wildman–Crippen LogP) is 3.96. The van der Waals surface area contributed by atoms with Crippen molar-refractivity contribution in [3.8, 4) is 0 Å². The number of rotatable bonds is 4. The number of anilines is 3. The quantitative estimate of drug-likeness (QED) is 0.916. The van der Waals surface area contributed by atoms with Crippen LogP contribution in [0.5, 0.6) is 0 Å². The van der Waals surface area contributed by atoms with Gasteiger partial charge in [-0.1, -0.05) is 12.1 Å². The molecule has 6 heteroatoms. The first-order chi connectivity index (χ1) is 12.0. The van der Waals surface area contributed by atoms with Gasteiger partial charge in [-0.25, -0.2) is 14.8 Å². The zero-order valence-electron chi connectivity index (χ0n) is 15.1. The summed E-state index contributed by atoms with van der Waals surface area (Å²) < 4.78 is 0. The molecule has 2 heterocycles. The lowest BCUT2D eigenvalue weighted by Gasteiger charge is -2.30. The van der Waals surface area contributed by atoms with Crippen LogP contribution in [0.2, 0.25) is 0 Å². The van der Waals surface area contributed by atoms with Crippen LogP contribution >= 0.6 is 0 Å². The van der Waals surface area contributed by atoms with Crippen molar-refractivity contribution in [2.45, 2.75) is 39.7 Å². The van der Waals surface area contributed by atoms with E-state index in [9.17, 15) is 4.79 Å².